The van der Waals surface area contributed by atoms with Crippen LogP contribution in [0.25, 0.3) is 0 Å². The van der Waals surface area contributed by atoms with Crippen LogP contribution in [0.4, 0.5) is 5.69 Å². The zero-order valence-electron chi connectivity index (χ0n) is 9.01. The molecule has 1 unspecified atom stereocenters. The SMILES string of the molecule is CC(O)c1ccc(N(C)S(C)(=O)=O)cc1. The van der Waals surface area contributed by atoms with Crippen LogP contribution in [0.15, 0.2) is 24.3 Å². The summed E-state index contributed by atoms with van der Waals surface area (Å²) in [6.45, 7) is 1.66. The van der Waals surface area contributed by atoms with Crippen LogP contribution in [0.1, 0.15) is 18.6 Å². The Kier molecular flexibility index (Phi) is 3.36. The van der Waals surface area contributed by atoms with Gasteiger partial charge in [0.1, 0.15) is 0 Å². The zero-order valence-corrected chi connectivity index (χ0v) is 9.82. The van der Waals surface area contributed by atoms with Gasteiger partial charge in [-0.15, -0.1) is 0 Å². The lowest BCUT2D eigenvalue weighted by Gasteiger charge is -2.17. The average molecular weight is 229 g/mol. The van der Waals surface area contributed by atoms with Gasteiger partial charge >= 0.3 is 0 Å². The Hall–Kier alpha value is -1.07. The maximum absolute atomic E-state index is 11.2. The van der Waals surface area contributed by atoms with Gasteiger partial charge in [0.05, 0.1) is 18.0 Å². The van der Waals surface area contributed by atoms with Gasteiger partial charge in [0, 0.05) is 7.05 Å². The van der Waals surface area contributed by atoms with E-state index in [1.54, 1.807) is 31.2 Å². The number of hydrogen-bond acceptors (Lipinski definition) is 3. The first-order valence-corrected chi connectivity index (χ1v) is 6.39. The molecule has 0 bridgehead atoms. The Labute approximate surface area is 90.2 Å². The van der Waals surface area contributed by atoms with Crippen LogP contribution in [-0.4, -0.2) is 26.8 Å². The second kappa shape index (κ2) is 4.20. The average Bonchev–Trinajstić information content (AvgIpc) is 2.15. The highest BCUT2D eigenvalue weighted by Gasteiger charge is 2.11. The molecule has 4 nitrogen and oxygen atoms in total. The molecule has 0 aromatic heterocycles. The topological polar surface area (TPSA) is 57.6 Å². The molecule has 1 aromatic rings. The number of benzene rings is 1. The van der Waals surface area contributed by atoms with E-state index < -0.39 is 16.1 Å². The molecule has 1 rings (SSSR count). The van der Waals surface area contributed by atoms with E-state index in [1.165, 1.54) is 11.4 Å². The van der Waals surface area contributed by atoms with Crippen molar-refractivity contribution < 1.29 is 13.5 Å². The molecule has 0 aliphatic heterocycles. The first-order valence-electron chi connectivity index (χ1n) is 4.54. The maximum Gasteiger partial charge on any atom is 0.231 e. The lowest BCUT2D eigenvalue weighted by atomic mass is 10.1. The van der Waals surface area contributed by atoms with Crippen LogP contribution in [0.3, 0.4) is 0 Å². The number of hydrogen-bond donors (Lipinski definition) is 1. The van der Waals surface area contributed by atoms with Crippen LogP contribution in [0.2, 0.25) is 0 Å². The Morgan fingerprint density at radius 2 is 1.73 bits per heavy atom. The quantitative estimate of drug-likeness (QED) is 0.845. The summed E-state index contributed by atoms with van der Waals surface area (Å²) in [5, 5.41) is 9.28. The van der Waals surface area contributed by atoms with Gasteiger partial charge in [-0.3, -0.25) is 4.31 Å². The summed E-state index contributed by atoms with van der Waals surface area (Å²) in [5.74, 6) is 0. The van der Waals surface area contributed by atoms with Gasteiger partial charge in [0.15, 0.2) is 0 Å². The third-order valence-electron chi connectivity index (χ3n) is 2.24. The molecule has 0 fully saturated rings. The van der Waals surface area contributed by atoms with Gasteiger partial charge in [0.25, 0.3) is 0 Å². The highest BCUT2D eigenvalue weighted by Crippen LogP contribution is 2.19. The van der Waals surface area contributed by atoms with Crippen molar-refractivity contribution in [2.24, 2.45) is 0 Å². The molecule has 1 N–H and O–H groups in total. The van der Waals surface area contributed by atoms with Crippen LogP contribution in [-0.2, 0) is 10.0 Å². The molecule has 0 saturated carbocycles. The molecular weight excluding hydrogens is 214 g/mol. The van der Waals surface area contributed by atoms with E-state index >= 15 is 0 Å². The van der Waals surface area contributed by atoms with Gasteiger partial charge in [-0.2, -0.15) is 0 Å². The summed E-state index contributed by atoms with van der Waals surface area (Å²) < 4.78 is 23.6. The second-order valence-electron chi connectivity index (χ2n) is 3.50. The summed E-state index contributed by atoms with van der Waals surface area (Å²) >= 11 is 0. The standard InChI is InChI=1S/C10H15NO3S/c1-8(12)9-4-6-10(7-5-9)11(2)15(3,13)14/h4-8,12H,1-3H3. The molecule has 84 valence electrons. The highest BCUT2D eigenvalue weighted by atomic mass is 32.2. The molecule has 0 radical (unpaired) electrons. The largest absolute Gasteiger partial charge is 0.389 e. The smallest absolute Gasteiger partial charge is 0.231 e. The third kappa shape index (κ3) is 2.94. The molecule has 0 amide bonds. The van der Waals surface area contributed by atoms with Gasteiger partial charge in [-0.05, 0) is 24.6 Å². The van der Waals surface area contributed by atoms with Crippen LogP contribution < -0.4 is 4.31 Å². The Morgan fingerprint density at radius 1 is 1.27 bits per heavy atom. The Bertz CT molecular complexity index is 422. The molecule has 1 atom stereocenters. The molecule has 0 heterocycles. The predicted octanol–water partition coefficient (Wildman–Crippen LogP) is 1.14. The molecule has 1 aromatic carbocycles. The summed E-state index contributed by atoms with van der Waals surface area (Å²) in [6, 6.07) is 6.76. The predicted molar refractivity (Wildman–Crippen MR) is 60.3 cm³/mol. The minimum Gasteiger partial charge on any atom is -0.389 e. The van der Waals surface area contributed by atoms with E-state index in [-0.39, 0.29) is 0 Å². The molecule has 0 saturated heterocycles. The highest BCUT2D eigenvalue weighted by molar-refractivity contribution is 7.92. The Morgan fingerprint density at radius 3 is 2.07 bits per heavy atom. The number of aliphatic hydroxyl groups is 1. The number of nitrogens with zero attached hydrogens (tertiary/aromatic N) is 1. The number of sulfonamides is 1. The van der Waals surface area contributed by atoms with Crippen molar-refractivity contribution in [3.05, 3.63) is 29.8 Å². The van der Waals surface area contributed by atoms with E-state index in [0.29, 0.717) is 5.69 Å². The molecule has 15 heavy (non-hydrogen) atoms. The van der Waals surface area contributed by atoms with E-state index in [0.717, 1.165) is 11.8 Å². The second-order valence-corrected chi connectivity index (χ2v) is 5.51. The van der Waals surface area contributed by atoms with E-state index in [4.69, 9.17) is 0 Å². The lowest BCUT2D eigenvalue weighted by molar-refractivity contribution is 0.199. The fraction of sp³-hybridized carbons (Fsp3) is 0.400. The van der Waals surface area contributed by atoms with E-state index in [1.807, 2.05) is 0 Å². The zero-order chi connectivity index (χ0) is 11.6. The first kappa shape index (κ1) is 12.0. The Balaban J connectivity index is 3.00. The third-order valence-corrected chi connectivity index (χ3v) is 3.44. The van der Waals surface area contributed by atoms with Crippen LogP contribution in [0, 0.1) is 0 Å². The van der Waals surface area contributed by atoms with Crippen molar-refractivity contribution in [2.45, 2.75) is 13.0 Å². The van der Waals surface area contributed by atoms with E-state index in [9.17, 15) is 13.5 Å². The molecule has 0 aliphatic carbocycles. The lowest BCUT2D eigenvalue weighted by Crippen LogP contribution is -2.24. The van der Waals surface area contributed by atoms with Gasteiger partial charge in [-0.1, -0.05) is 12.1 Å². The minimum absolute atomic E-state index is 0.539. The molecule has 0 aliphatic rings. The maximum atomic E-state index is 11.2. The van der Waals surface area contributed by atoms with Gasteiger partial charge < -0.3 is 5.11 Å². The van der Waals surface area contributed by atoms with Crippen molar-refractivity contribution in [1.82, 2.24) is 0 Å². The number of rotatable bonds is 3. The van der Waals surface area contributed by atoms with Crippen LogP contribution in [0.5, 0.6) is 0 Å². The summed E-state index contributed by atoms with van der Waals surface area (Å²) in [7, 11) is -1.73. The van der Waals surface area contributed by atoms with Crippen molar-refractivity contribution >= 4 is 15.7 Å². The first-order chi connectivity index (χ1) is 6.82. The fourth-order valence-electron chi connectivity index (χ4n) is 1.15. The minimum atomic E-state index is -3.22. The normalized spacial score (nSPS) is 13.6. The van der Waals surface area contributed by atoms with E-state index in [2.05, 4.69) is 0 Å². The van der Waals surface area contributed by atoms with Gasteiger partial charge in [0.2, 0.25) is 10.0 Å². The monoisotopic (exact) mass is 229 g/mol. The van der Waals surface area contributed by atoms with Crippen LogP contribution >= 0.6 is 0 Å². The number of aliphatic hydroxyl groups excluding tert-OH is 1. The fourth-order valence-corrected chi connectivity index (χ4v) is 1.66. The number of anilines is 1. The molecule has 5 heteroatoms. The molecular formula is C10H15NO3S. The van der Waals surface area contributed by atoms with Crippen molar-refractivity contribution in [1.29, 1.82) is 0 Å². The summed E-state index contributed by atoms with van der Waals surface area (Å²) in [5.41, 5.74) is 1.35. The van der Waals surface area contributed by atoms with Crippen molar-refractivity contribution in [2.75, 3.05) is 17.6 Å². The van der Waals surface area contributed by atoms with Gasteiger partial charge in [-0.25, -0.2) is 8.42 Å². The molecule has 0 spiro atoms. The summed E-state index contributed by atoms with van der Waals surface area (Å²) in [4.78, 5) is 0. The van der Waals surface area contributed by atoms with Crippen molar-refractivity contribution in [3.63, 3.8) is 0 Å². The van der Waals surface area contributed by atoms with Crippen molar-refractivity contribution in [3.8, 4) is 0 Å². The summed E-state index contributed by atoms with van der Waals surface area (Å²) in [6.07, 6.45) is 0.609.